The molecule has 8 heteroatoms. The van der Waals surface area contributed by atoms with E-state index in [1.54, 1.807) is 33.5 Å². The van der Waals surface area contributed by atoms with Gasteiger partial charge in [0.05, 0.1) is 33.5 Å². The molecule has 2 N–H and O–H groups in total. The zero-order valence-electron chi connectivity index (χ0n) is 17.5. The van der Waals surface area contributed by atoms with Gasteiger partial charge in [-0.2, -0.15) is 4.98 Å². The molecule has 2 rings (SSSR count). The van der Waals surface area contributed by atoms with Crippen molar-refractivity contribution in [3.8, 4) is 28.6 Å². The summed E-state index contributed by atoms with van der Waals surface area (Å²) in [6, 6.07) is 3.40. The highest BCUT2D eigenvalue weighted by Crippen LogP contribution is 2.40. The maximum atomic E-state index is 10.0. The van der Waals surface area contributed by atoms with E-state index in [4.69, 9.17) is 18.7 Å². The third kappa shape index (κ3) is 5.14. The lowest BCUT2D eigenvalue weighted by atomic mass is 10.0. The van der Waals surface area contributed by atoms with Crippen molar-refractivity contribution in [2.24, 2.45) is 5.92 Å². The van der Waals surface area contributed by atoms with Crippen LogP contribution >= 0.6 is 0 Å². The first-order valence-corrected chi connectivity index (χ1v) is 9.50. The molecule has 2 aromatic rings. The van der Waals surface area contributed by atoms with Crippen molar-refractivity contribution >= 4 is 0 Å². The van der Waals surface area contributed by atoms with Crippen molar-refractivity contribution in [3.63, 3.8) is 0 Å². The summed E-state index contributed by atoms with van der Waals surface area (Å²) in [6.07, 6.45) is 1.28. The molecule has 0 fully saturated rings. The third-order valence-corrected chi connectivity index (χ3v) is 4.49. The summed E-state index contributed by atoms with van der Waals surface area (Å²) in [5, 5.41) is 17.5. The summed E-state index contributed by atoms with van der Waals surface area (Å²) in [6.45, 7) is 6.64. The van der Waals surface area contributed by atoms with Gasteiger partial charge in [-0.15, -0.1) is 0 Å². The van der Waals surface area contributed by atoms with Crippen LogP contribution in [0.15, 0.2) is 16.7 Å². The maximum Gasteiger partial charge on any atom is 0.244 e. The van der Waals surface area contributed by atoms with Crippen LogP contribution in [-0.2, 0) is 0 Å². The quantitative estimate of drug-likeness (QED) is 0.600. The van der Waals surface area contributed by atoms with E-state index in [1.165, 1.54) is 0 Å². The Balaban J connectivity index is 2.28. The van der Waals surface area contributed by atoms with Crippen LogP contribution in [0.25, 0.3) is 11.4 Å². The second-order valence-corrected chi connectivity index (χ2v) is 6.94. The molecule has 0 bridgehead atoms. The lowest BCUT2D eigenvalue weighted by Gasteiger charge is -2.20. The highest BCUT2D eigenvalue weighted by atomic mass is 16.5. The van der Waals surface area contributed by atoms with Crippen molar-refractivity contribution in [1.29, 1.82) is 0 Å². The van der Waals surface area contributed by atoms with E-state index < -0.39 is 6.10 Å². The van der Waals surface area contributed by atoms with E-state index in [1.807, 2.05) is 6.92 Å². The number of hydrogen-bond acceptors (Lipinski definition) is 8. The fraction of sp³-hybridized carbons (Fsp3) is 0.600. The first kappa shape index (κ1) is 22.0. The van der Waals surface area contributed by atoms with Gasteiger partial charge in [0.25, 0.3) is 0 Å². The summed E-state index contributed by atoms with van der Waals surface area (Å²) < 4.78 is 21.7. The number of aromatic nitrogens is 2. The SMILES string of the molecule is CCC[C@@H](O)CN[C@H](c1nc(-c2cc(OC)c(OC)c(OC)c2)no1)C(C)C. The van der Waals surface area contributed by atoms with Gasteiger partial charge in [0.1, 0.15) is 0 Å². The Kier molecular flexibility index (Phi) is 8.07. The molecule has 0 aliphatic heterocycles. The Labute approximate surface area is 166 Å². The fourth-order valence-electron chi connectivity index (χ4n) is 3.00. The molecule has 0 amide bonds. The molecular weight excluding hydrogens is 362 g/mol. The minimum atomic E-state index is -0.399. The normalized spacial score (nSPS) is 13.4. The lowest BCUT2D eigenvalue weighted by molar-refractivity contribution is 0.148. The van der Waals surface area contributed by atoms with E-state index >= 15 is 0 Å². The van der Waals surface area contributed by atoms with Gasteiger partial charge in [-0.05, 0) is 24.5 Å². The van der Waals surface area contributed by atoms with Crippen molar-refractivity contribution in [2.75, 3.05) is 27.9 Å². The van der Waals surface area contributed by atoms with Gasteiger partial charge in [-0.25, -0.2) is 0 Å². The molecule has 0 aliphatic carbocycles. The standard InChI is InChI=1S/C20H31N3O5/c1-7-8-14(24)11-21-17(12(2)3)20-22-19(23-28-20)13-9-15(25-4)18(27-6)16(10-13)26-5/h9-10,12,14,17,21,24H,7-8,11H2,1-6H3/t14-,17+/m1/s1. The van der Waals surface area contributed by atoms with Gasteiger partial charge in [0.15, 0.2) is 11.5 Å². The molecule has 0 unspecified atom stereocenters. The Morgan fingerprint density at radius 1 is 1.11 bits per heavy atom. The Bertz CT molecular complexity index is 722. The van der Waals surface area contributed by atoms with E-state index in [9.17, 15) is 5.11 Å². The maximum absolute atomic E-state index is 10.0. The number of aliphatic hydroxyl groups excluding tert-OH is 1. The number of nitrogens with one attached hydrogen (secondary N) is 1. The minimum absolute atomic E-state index is 0.158. The predicted octanol–water partition coefficient (Wildman–Crippen LogP) is 3.21. The Hall–Kier alpha value is -2.32. The van der Waals surface area contributed by atoms with Crippen LogP contribution in [0.3, 0.4) is 0 Å². The summed E-state index contributed by atoms with van der Waals surface area (Å²) >= 11 is 0. The molecule has 0 radical (unpaired) electrons. The van der Waals surface area contributed by atoms with Crippen LogP contribution in [0.5, 0.6) is 17.2 Å². The van der Waals surface area contributed by atoms with Crippen LogP contribution in [0, 0.1) is 5.92 Å². The molecule has 0 spiro atoms. The summed E-state index contributed by atoms with van der Waals surface area (Å²) in [7, 11) is 4.67. The highest BCUT2D eigenvalue weighted by Gasteiger charge is 2.24. The topological polar surface area (TPSA) is 98.9 Å². The number of hydrogen-bond donors (Lipinski definition) is 2. The summed E-state index contributed by atoms with van der Waals surface area (Å²) in [5.74, 6) is 2.65. The van der Waals surface area contributed by atoms with Crippen LogP contribution in [0.4, 0.5) is 0 Å². The molecule has 0 saturated carbocycles. The molecule has 28 heavy (non-hydrogen) atoms. The number of nitrogens with zero attached hydrogens (tertiary/aromatic N) is 2. The monoisotopic (exact) mass is 393 g/mol. The zero-order chi connectivity index (χ0) is 20.7. The van der Waals surface area contributed by atoms with Crippen molar-refractivity contribution in [3.05, 3.63) is 18.0 Å². The lowest BCUT2D eigenvalue weighted by Crippen LogP contribution is -2.33. The molecule has 8 nitrogen and oxygen atoms in total. The van der Waals surface area contributed by atoms with Gasteiger partial charge >= 0.3 is 0 Å². The second kappa shape index (κ2) is 10.3. The van der Waals surface area contributed by atoms with E-state index in [2.05, 4.69) is 29.3 Å². The van der Waals surface area contributed by atoms with Crippen molar-refractivity contribution in [2.45, 2.75) is 45.8 Å². The van der Waals surface area contributed by atoms with Crippen LogP contribution in [0.1, 0.15) is 45.5 Å². The molecule has 0 aliphatic rings. The molecule has 156 valence electrons. The molecule has 0 saturated heterocycles. The zero-order valence-corrected chi connectivity index (χ0v) is 17.5. The molecule has 1 heterocycles. The highest BCUT2D eigenvalue weighted by molar-refractivity contribution is 5.66. The number of benzene rings is 1. The van der Waals surface area contributed by atoms with Gasteiger partial charge in [0.2, 0.25) is 17.5 Å². The molecule has 2 atom stereocenters. The van der Waals surface area contributed by atoms with E-state index in [0.717, 1.165) is 12.8 Å². The van der Waals surface area contributed by atoms with Gasteiger partial charge < -0.3 is 29.2 Å². The van der Waals surface area contributed by atoms with Gasteiger partial charge in [-0.1, -0.05) is 32.3 Å². The van der Waals surface area contributed by atoms with E-state index in [-0.39, 0.29) is 12.0 Å². The first-order chi connectivity index (χ1) is 13.4. The molecular formula is C20H31N3O5. The van der Waals surface area contributed by atoms with Crippen LogP contribution in [-0.4, -0.2) is 49.2 Å². The predicted molar refractivity (Wildman–Crippen MR) is 106 cm³/mol. The van der Waals surface area contributed by atoms with Crippen LogP contribution in [0.2, 0.25) is 0 Å². The number of ether oxygens (including phenoxy) is 3. The largest absolute Gasteiger partial charge is 0.493 e. The number of rotatable bonds is 11. The van der Waals surface area contributed by atoms with Crippen molar-refractivity contribution < 1.29 is 23.8 Å². The van der Waals surface area contributed by atoms with Gasteiger partial charge in [0, 0.05) is 12.1 Å². The molecule has 1 aromatic carbocycles. The fourth-order valence-corrected chi connectivity index (χ4v) is 3.00. The summed E-state index contributed by atoms with van der Waals surface area (Å²) in [5.41, 5.74) is 0.693. The van der Waals surface area contributed by atoms with Crippen molar-refractivity contribution in [1.82, 2.24) is 15.5 Å². The minimum Gasteiger partial charge on any atom is -0.493 e. The van der Waals surface area contributed by atoms with Gasteiger partial charge in [-0.3, -0.25) is 0 Å². The van der Waals surface area contributed by atoms with E-state index in [0.29, 0.717) is 41.1 Å². The average Bonchev–Trinajstić information content (AvgIpc) is 3.16. The Morgan fingerprint density at radius 2 is 1.75 bits per heavy atom. The smallest absolute Gasteiger partial charge is 0.244 e. The number of aliphatic hydroxyl groups is 1. The summed E-state index contributed by atoms with van der Waals surface area (Å²) in [4.78, 5) is 4.56. The number of methoxy groups -OCH3 is 3. The first-order valence-electron chi connectivity index (χ1n) is 9.50. The Morgan fingerprint density at radius 3 is 2.25 bits per heavy atom. The van der Waals surface area contributed by atoms with Crippen LogP contribution < -0.4 is 19.5 Å². The third-order valence-electron chi connectivity index (χ3n) is 4.49. The molecule has 1 aromatic heterocycles. The second-order valence-electron chi connectivity index (χ2n) is 6.94. The average molecular weight is 393 g/mol.